The van der Waals surface area contributed by atoms with Crippen molar-refractivity contribution in [1.82, 2.24) is 14.8 Å². The SMILES string of the molecule is Cc1nc(-c2ccc(F)cc2)ccc1C(=O)N(C)c1ccc(CN2CCN(C(=O)O)[C@@H](C)C2)cc1. The van der Waals surface area contributed by atoms with Crippen LogP contribution in [-0.2, 0) is 6.54 Å². The van der Waals surface area contributed by atoms with Crippen LogP contribution >= 0.6 is 0 Å². The van der Waals surface area contributed by atoms with Crippen LogP contribution in [0.15, 0.2) is 60.7 Å². The lowest BCUT2D eigenvalue weighted by atomic mass is 10.1. The van der Waals surface area contributed by atoms with Crippen LogP contribution in [0.25, 0.3) is 11.3 Å². The van der Waals surface area contributed by atoms with Gasteiger partial charge < -0.3 is 14.9 Å². The van der Waals surface area contributed by atoms with E-state index in [-0.39, 0.29) is 17.8 Å². The highest BCUT2D eigenvalue weighted by Gasteiger charge is 2.27. The van der Waals surface area contributed by atoms with Gasteiger partial charge in [-0.05, 0) is 67.9 Å². The summed E-state index contributed by atoms with van der Waals surface area (Å²) in [6.07, 6.45) is -0.871. The van der Waals surface area contributed by atoms with Crippen LogP contribution in [0.5, 0.6) is 0 Å². The third kappa shape index (κ3) is 5.49. The molecule has 2 heterocycles. The van der Waals surface area contributed by atoms with Gasteiger partial charge in [-0.3, -0.25) is 14.7 Å². The van der Waals surface area contributed by atoms with Crippen molar-refractivity contribution in [2.45, 2.75) is 26.4 Å². The molecule has 0 bridgehead atoms. The first kappa shape index (κ1) is 24.3. The molecule has 4 rings (SSSR count). The minimum absolute atomic E-state index is 0.0458. The number of benzene rings is 2. The third-order valence-electron chi connectivity index (χ3n) is 6.45. The molecule has 1 aliphatic rings. The predicted molar refractivity (Wildman–Crippen MR) is 133 cm³/mol. The van der Waals surface area contributed by atoms with Crippen molar-refractivity contribution < 1.29 is 19.1 Å². The Morgan fingerprint density at radius 3 is 2.34 bits per heavy atom. The lowest BCUT2D eigenvalue weighted by Gasteiger charge is -2.38. The molecule has 0 saturated carbocycles. The lowest BCUT2D eigenvalue weighted by Crippen LogP contribution is -2.53. The van der Waals surface area contributed by atoms with Crippen molar-refractivity contribution in [3.63, 3.8) is 0 Å². The number of rotatable bonds is 5. The molecule has 0 radical (unpaired) electrons. The lowest BCUT2D eigenvalue weighted by molar-refractivity contribution is 0.0711. The minimum Gasteiger partial charge on any atom is -0.465 e. The Kier molecular flexibility index (Phi) is 7.12. The number of anilines is 1. The van der Waals surface area contributed by atoms with Gasteiger partial charge in [-0.1, -0.05) is 12.1 Å². The Labute approximate surface area is 204 Å². The van der Waals surface area contributed by atoms with Crippen LogP contribution in [0, 0.1) is 12.7 Å². The number of carbonyl (C=O) groups is 2. The van der Waals surface area contributed by atoms with Gasteiger partial charge in [-0.25, -0.2) is 9.18 Å². The topological polar surface area (TPSA) is 77.0 Å². The summed E-state index contributed by atoms with van der Waals surface area (Å²) >= 11 is 0. The standard InChI is InChI=1S/C27H29FN4O3/c1-18-16-31(14-15-32(18)27(34)35)17-20-4-10-23(11-5-20)30(3)26(33)24-12-13-25(29-19(24)2)21-6-8-22(28)9-7-21/h4-13,18H,14-17H2,1-3H3,(H,34,35)/t18-/m0/s1. The number of aryl methyl sites for hydroxylation is 1. The summed E-state index contributed by atoms with van der Waals surface area (Å²) < 4.78 is 13.2. The van der Waals surface area contributed by atoms with Gasteiger partial charge in [0.25, 0.3) is 5.91 Å². The predicted octanol–water partition coefficient (Wildman–Crippen LogP) is 4.66. The van der Waals surface area contributed by atoms with E-state index in [1.165, 1.54) is 17.0 Å². The number of carbonyl (C=O) groups excluding carboxylic acids is 1. The molecule has 1 fully saturated rings. The number of pyridine rings is 1. The van der Waals surface area contributed by atoms with Gasteiger partial charge in [0.15, 0.2) is 0 Å². The molecule has 2 aromatic carbocycles. The smallest absolute Gasteiger partial charge is 0.407 e. The van der Waals surface area contributed by atoms with Crippen LogP contribution in [-0.4, -0.2) is 64.6 Å². The molecule has 7 nitrogen and oxygen atoms in total. The summed E-state index contributed by atoms with van der Waals surface area (Å²) in [5.41, 5.74) is 4.46. The molecular weight excluding hydrogens is 447 g/mol. The molecule has 0 unspecified atom stereocenters. The summed E-state index contributed by atoms with van der Waals surface area (Å²) in [6, 6.07) is 17.4. The molecule has 1 aliphatic heterocycles. The zero-order valence-electron chi connectivity index (χ0n) is 20.1. The van der Waals surface area contributed by atoms with E-state index in [1.54, 1.807) is 43.1 Å². The second kappa shape index (κ2) is 10.2. The zero-order chi connectivity index (χ0) is 25.1. The van der Waals surface area contributed by atoms with Gasteiger partial charge in [-0.15, -0.1) is 0 Å². The minimum atomic E-state index is -0.871. The summed E-state index contributed by atoms with van der Waals surface area (Å²) in [4.78, 5) is 34.3. The van der Waals surface area contributed by atoms with Gasteiger partial charge >= 0.3 is 6.09 Å². The first-order valence-electron chi connectivity index (χ1n) is 11.6. The normalized spacial score (nSPS) is 16.2. The Bertz CT molecular complexity index is 1210. The van der Waals surface area contributed by atoms with Crippen LogP contribution in [0.3, 0.4) is 0 Å². The number of aromatic nitrogens is 1. The number of carboxylic acid groups (broad SMARTS) is 1. The van der Waals surface area contributed by atoms with E-state index in [2.05, 4.69) is 9.88 Å². The monoisotopic (exact) mass is 476 g/mol. The van der Waals surface area contributed by atoms with Crippen LogP contribution in [0.4, 0.5) is 14.9 Å². The van der Waals surface area contributed by atoms with Crippen molar-refractivity contribution in [2.75, 3.05) is 31.6 Å². The zero-order valence-corrected chi connectivity index (χ0v) is 20.1. The molecule has 1 aromatic heterocycles. The average Bonchev–Trinajstić information content (AvgIpc) is 2.84. The number of piperazine rings is 1. The van der Waals surface area contributed by atoms with E-state index in [9.17, 15) is 19.1 Å². The highest BCUT2D eigenvalue weighted by atomic mass is 19.1. The van der Waals surface area contributed by atoms with Crippen molar-refractivity contribution in [3.05, 3.63) is 83.3 Å². The van der Waals surface area contributed by atoms with E-state index >= 15 is 0 Å². The number of hydrogen-bond donors (Lipinski definition) is 1. The summed E-state index contributed by atoms with van der Waals surface area (Å²) in [5, 5.41) is 9.25. The van der Waals surface area contributed by atoms with Gasteiger partial charge in [0.05, 0.1) is 17.0 Å². The molecule has 2 amide bonds. The fourth-order valence-corrected chi connectivity index (χ4v) is 4.41. The maximum Gasteiger partial charge on any atom is 0.407 e. The quantitative estimate of drug-likeness (QED) is 0.580. The van der Waals surface area contributed by atoms with Crippen LogP contribution in [0.2, 0.25) is 0 Å². The molecular formula is C27H29FN4O3. The maximum absolute atomic E-state index is 13.2. The summed E-state index contributed by atoms with van der Waals surface area (Å²) in [5.74, 6) is -0.466. The molecule has 35 heavy (non-hydrogen) atoms. The van der Waals surface area contributed by atoms with Crippen molar-refractivity contribution in [1.29, 1.82) is 0 Å². The highest BCUT2D eigenvalue weighted by molar-refractivity contribution is 6.06. The summed E-state index contributed by atoms with van der Waals surface area (Å²) in [7, 11) is 1.73. The second-order valence-electron chi connectivity index (χ2n) is 8.93. The largest absolute Gasteiger partial charge is 0.465 e. The average molecular weight is 477 g/mol. The van der Waals surface area contributed by atoms with Gasteiger partial charge in [0, 0.05) is 50.5 Å². The van der Waals surface area contributed by atoms with E-state index < -0.39 is 6.09 Å². The molecule has 1 saturated heterocycles. The van der Waals surface area contributed by atoms with Crippen LogP contribution < -0.4 is 4.90 Å². The van der Waals surface area contributed by atoms with Gasteiger partial charge in [0.2, 0.25) is 0 Å². The number of hydrogen-bond acceptors (Lipinski definition) is 4. The Hall–Kier alpha value is -3.78. The van der Waals surface area contributed by atoms with E-state index in [0.29, 0.717) is 36.6 Å². The number of nitrogens with zero attached hydrogens (tertiary/aromatic N) is 4. The highest BCUT2D eigenvalue weighted by Crippen LogP contribution is 2.23. The first-order chi connectivity index (χ1) is 16.7. The third-order valence-corrected chi connectivity index (χ3v) is 6.45. The van der Waals surface area contributed by atoms with E-state index in [4.69, 9.17) is 0 Å². The van der Waals surface area contributed by atoms with E-state index in [1.807, 2.05) is 31.2 Å². The Balaban J connectivity index is 1.41. The molecule has 182 valence electrons. The summed E-state index contributed by atoms with van der Waals surface area (Å²) in [6.45, 7) is 6.32. The molecule has 0 aliphatic carbocycles. The fraction of sp³-hybridized carbons (Fsp3) is 0.296. The number of halogens is 1. The Morgan fingerprint density at radius 2 is 1.74 bits per heavy atom. The van der Waals surface area contributed by atoms with Crippen molar-refractivity contribution in [2.24, 2.45) is 0 Å². The fourth-order valence-electron chi connectivity index (χ4n) is 4.41. The van der Waals surface area contributed by atoms with E-state index in [0.717, 1.165) is 23.4 Å². The van der Waals surface area contributed by atoms with Crippen LogP contribution in [0.1, 0.15) is 28.5 Å². The Morgan fingerprint density at radius 1 is 1.06 bits per heavy atom. The van der Waals surface area contributed by atoms with Crippen molar-refractivity contribution in [3.8, 4) is 11.3 Å². The maximum atomic E-state index is 13.2. The first-order valence-corrected chi connectivity index (χ1v) is 11.6. The van der Waals surface area contributed by atoms with Gasteiger partial charge in [0.1, 0.15) is 5.82 Å². The molecule has 0 spiro atoms. The number of amides is 2. The molecule has 8 heteroatoms. The second-order valence-corrected chi connectivity index (χ2v) is 8.93. The molecule has 3 aromatic rings. The van der Waals surface area contributed by atoms with Crippen molar-refractivity contribution >= 4 is 17.7 Å². The van der Waals surface area contributed by atoms with Gasteiger partial charge in [-0.2, -0.15) is 0 Å². The molecule has 1 atom stereocenters. The molecule has 1 N–H and O–H groups in total.